The van der Waals surface area contributed by atoms with E-state index in [-0.39, 0.29) is 6.54 Å². The summed E-state index contributed by atoms with van der Waals surface area (Å²) >= 11 is 2.01. The van der Waals surface area contributed by atoms with Gasteiger partial charge in [0.25, 0.3) is 6.43 Å². The third-order valence-electron chi connectivity index (χ3n) is 1.71. The Labute approximate surface area is 100 Å². The van der Waals surface area contributed by atoms with Crippen LogP contribution in [-0.2, 0) is 0 Å². The molecule has 0 amide bonds. The predicted molar refractivity (Wildman–Crippen MR) is 62.0 cm³/mol. The first kappa shape index (κ1) is 12.5. The molecule has 0 aliphatic heterocycles. The van der Waals surface area contributed by atoms with Crippen LogP contribution >= 0.6 is 22.6 Å². The number of hydrogen-bond donors (Lipinski definition) is 1. The van der Waals surface area contributed by atoms with E-state index in [1.165, 1.54) is 11.2 Å². The predicted octanol–water partition coefficient (Wildman–Crippen LogP) is 1.11. The number of nitrogens with zero attached hydrogens (tertiary/aromatic N) is 3. The molecule has 0 unspecified atom stereocenters. The molecule has 0 saturated heterocycles. The summed E-state index contributed by atoms with van der Waals surface area (Å²) in [6, 6.07) is 0. The average molecular weight is 328 g/mol. The maximum absolute atomic E-state index is 12.3. The summed E-state index contributed by atoms with van der Waals surface area (Å²) in [6.07, 6.45) is 0.520. The Hall–Kier alpha value is -0.570. The minimum atomic E-state index is -2.40. The van der Waals surface area contributed by atoms with Gasteiger partial charge in [0.2, 0.25) is 0 Å². The molecule has 4 nitrogen and oxygen atoms in total. The van der Waals surface area contributed by atoms with Gasteiger partial charge in [-0.15, -0.1) is 0 Å². The second kappa shape index (κ2) is 6.11. The average Bonchev–Trinajstić information content (AvgIpc) is 2.17. The fraction of sp³-hybridized carbons (Fsp3) is 0.500. The van der Waals surface area contributed by atoms with Gasteiger partial charge in [-0.25, -0.2) is 18.7 Å². The van der Waals surface area contributed by atoms with Crippen LogP contribution in [0.4, 0.5) is 14.6 Å². The topological polar surface area (TPSA) is 55.0 Å². The number of aromatic nitrogens is 2. The Morgan fingerprint density at radius 1 is 1.53 bits per heavy atom. The van der Waals surface area contributed by atoms with Gasteiger partial charge >= 0.3 is 0 Å². The quantitative estimate of drug-likeness (QED) is 0.823. The van der Waals surface area contributed by atoms with Gasteiger partial charge in [-0.2, -0.15) is 0 Å². The molecule has 0 aromatic carbocycles. The van der Waals surface area contributed by atoms with E-state index in [4.69, 9.17) is 5.73 Å². The molecule has 0 aliphatic rings. The van der Waals surface area contributed by atoms with Crippen molar-refractivity contribution in [3.8, 4) is 0 Å². The molecule has 0 atom stereocenters. The molecule has 15 heavy (non-hydrogen) atoms. The highest BCUT2D eigenvalue weighted by atomic mass is 127. The number of halogens is 3. The molecule has 1 heterocycles. The highest BCUT2D eigenvalue weighted by Gasteiger charge is 2.15. The molecule has 0 fully saturated rings. The molecule has 2 N–H and O–H groups in total. The zero-order valence-corrected chi connectivity index (χ0v) is 10.1. The van der Waals surface area contributed by atoms with Crippen molar-refractivity contribution in [3.63, 3.8) is 0 Å². The molecule has 0 spiro atoms. The standard InChI is InChI=1S/C8H11F2IN4/c9-7(10)4-15(2-1-12)8-6(11)3-13-5-14-8/h3,5,7H,1-2,4,12H2. The molecular weight excluding hydrogens is 317 g/mol. The molecule has 7 heteroatoms. The van der Waals surface area contributed by atoms with Crippen LogP contribution in [-0.4, -0.2) is 36.0 Å². The minimum Gasteiger partial charge on any atom is -0.349 e. The molecule has 1 aromatic heterocycles. The Morgan fingerprint density at radius 2 is 2.27 bits per heavy atom. The van der Waals surface area contributed by atoms with E-state index in [2.05, 4.69) is 9.97 Å². The molecule has 0 aliphatic carbocycles. The Morgan fingerprint density at radius 3 is 2.80 bits per heavy atom. The van der Waals surface area contributed by atoms with E-state index in [1.807, 2.05) is 22.6 Å². The second-order valence-electron chi connectivity index (χ2n) is 2.82. The van der Waals surface area contributed by atoms with Gasteiger partial charge in [0.15, 0.2) is 0 Å². The van der Waals surface area contributed by atoms with E-state index in [0.29, 0.717) is 18.9 Å². The Bertz CT molecular complexity index is 310. The fourth-order valence-corrected chi connectivity index (χ4v) is 1.79. The number of nitrogens with two attached hydrogens (primary N) is 1. The molecule has 0 radical (unpaired) electrons. The fourth-order valence-electron chi connectivity index (χ4n) is 1.14. The van der Waals surface area contributed by atoms with Crippen LogP contribution in [0.5, 0.6) is 0 Å². The molecular formula is C8H11F2IN4. The van der Waals surface area contributed by atoms with Crippen molar-refractivity contribution in [2.75, 3.05) is 24.5 Å². The number of alkyl halides is 2. The van der Waals surface area contributed by atoms with Crippen molar-refractivity contribution in [3.05, 3.63) is 16.1 Å². The largest absolute Gasteiger partial charge is 0.349 e. The molecule has 1 rings (SSSR count). The van der Waals surface area contributed by atoms with E-state index in [0.717, 1.165) is 3.57 Å². The Kier molecular flexibility index (Phi) is 5.09. The lowest BCUT2D eigenvalue weighted by Gasteiger charge is -2.23. The summed E-state index contributed by atoms with van der Waals surface area (Å²) in [6.45, 7) is 0.314. The molecule has 1 aromatic rings. The van der Waals surface area contributed by atoms with Crippen LogP contribution in [0.1, 0.15) is 0 Å². The van der Waals surface area contributed by atoms with Crippen LogP contribution in [0, 0.1) is 3.57 Å². The van der Waals surface area contributed by atoms with Gasteiger partial charge in [-0.05, 0) is 22.6 Å². The van der Waals surface area contributed by atoms with Gasteiger partial charge in [0, 0.05) is 19.3 Å². The maximum atomic E-state index is 12.3. The van der Waals surface area contributed by atoms with Crippen molar-refractivity contribution in [2.24, 2.45) is 5.73 Å². The van der Waals surface area contributed by atoms with Crippen LogP contribution in [0.2, 0.25) is 0 Å². The van der Waals surface area contributed by atoms with E-state index >= 15 is 0 Å². The lowest BCUT2D eigenvalue weighted by molar-refractivity contribution is 0.154. The molecule has 0 bridgehead atoms. The van der Waals surface area contributed by atoms with Crippen LogP contribution in [0.3, 0.4) is 0 Å². The van der Waals surface area contributed by atoms with Crippen molar-refractivity contribution in [2.45, 2.75) is 6.43 Å². The van der Waals surface area contributed by atoms with Crippen molar-refractivity contribution >= 4 is 28.4 Å². The van der Waals surface area contributed by atoms with Crippen molar-refractivity contribution in [1.29, 1.82) is 0 Å². The summed E-state index contributed by atoms with van der Waals surface area (Å²) in [4.78, 5) is 9.24. The third-order valence-corrected chi connectivity index (χ3v) is 2.47. The van der Waals surface area contributed by atoms with Crippen molar-refractivity contribution in [1.82, 2.24) is 9.97 Å². The van der Waals surface area contributed by atoms with Gasteiger partial charge in [-0.3, -0.25) is 0 Å². The van der Waals surface area contributed by atoms with Crippen molar-refractivity contribution < 1.29 is 8.78 Å². The third kappa shape index (κ3) is 3.82. The van der Waals surface area contributed by atoms with Gasteiger partial charge < -0.3 is 10.6 Å². The smallest absolute Gasteiger partial charge is 0.255 e. The second-order valence-corrected chi connectivity index (χ2v) is 3.98. The van der Waals surface area contributed by atoms with Gasteiger partial charge in [0.05, 0.1) is 10.1 Å². The van der Waals surface area contributed by atoms with Crippen LogP contribution < -0.4 is 10.6 Å². The molecule has 84 valence electrons. The lowest BCUT2D eigenvalue weighted by atomic mass is 10.4. The first-order valence-corrected chi connectivity index (χ1v) is 5.41. The van der Waals surface area contributed by atoms with E-state index in [1.54, 1.807) is 6.20 Å². The summed E-state index contributed by atoms with van der Waals surface area (Å²) in [5.74, 6) is 0.511. The van der Waals surface area contributed by atoms with Crippen LogP contribution in [0.25, 0.3) is 0 Å². The van der Waals surface area contributed by atoms with Gasteiger partial charge in [-0.1, -0.05) is 0 Å². The normalized spacial score (nSPS) is 10.7. The first-order chi connectivity index (χ1) is 7.15. The van der Waals surface area contributed by atoms with Gasteiger partial charge in [0.1, 0.15) is 12.1 Å². The zero-order valence-electron chi connectivity index (χ0n) is 7.91. The summed E-state index contributed by atoms with van der Waals surface area (Å²) in [5.41, 5.74) is 5.36. The first-order valence-electron chi connectivity index (χ1n) is 4.33. The number of anilines is 1. The zero-order chi connectivity index (χ0) is 11.3. The summed E-state index contributed by atoms with van der Waals surface area (Å²) in [7, 11) is 0. The van der Waals surface area contributed by atoms with E-state index < -0.39 is 6.43 Å². The number of hydrogen-bond acceptors (Lipinski definition) is 4. The Balaban J connectivity index is 2.83. The maximum Gasteiger partial charge on any atom is 0.255 e. The molecule has 0 saturated carbocycles. The summed E-state index contributed by atoms with van der Waals surface area (Å²) < 4.78 is 25.3. The van der Waals surface area contributed by atoms with Crippen LogP contribution in [0.15, 0.2) is 12.5 Å². The lowest BCUT2D eigenvalue weighted by Crippen LogP contribution is -2.34. The van der Waals surface area contributed by atoms with E-state index in [9.17, 15) is 8.78 Å². The SMILES string of the molecule is NCCN(CC(F)F)c1ncncc1I. The highest BCUT2D eigenvalue weighted by molar-refractivity contribution is 14.1. The monoisotopic (exact) mass is 328 g/mol. The number of rotatable bonds is 5. The highest BCUT2D eigenvalue weighted by Crippen LogP contribution is 2.18. The minimum absolute atomic E-state index is 0.312. The summed E-state index contributed by atoms with van der Waals surface area (Å²) in [5, 5.41) is 0.